The molecule has 0 fully saturated rings. The summed E-state index contributed by atoms with van der Waals surface area (Å²) in [5.74, 6) is 0. The summed E-state index contributed by atoms with van der Waals surface area (Å²) >= 11 is 14.7. The highest BCUT2D eigenvalue weighted by atomic mass is 79.9. The second-order valence-electron chi connectivity index (χ2n) is 5.31. The fourth-order valence-corrected chi connectivity index (χ4v) is 3.56. The van der Waals surface area contributed by atoms with Crippen LogP contribution in [0.1, 0.15) is 11.3 Å². The van der Waals surface area contributed by atoms with Gasteiger partial charge < -0.3 is 4.57 Å². The largest absolute Gasteiger partial charge is 0.432 e. The van der Waals surface area contributed by atoms with Crippen LogP contribution in [0.25, 0.3) is 16.9 Å². The van der Waals surface area contributed by atoms with E-state index in [1.54, 1.807) is 24.3 Å². The minimum atomic E-state index is -4.69. The van der Waals surface area contributed by atoms with Gasteiger partial charge in [-0.25, -0.2) is 0 Å². The average molecular weight is 460 g/mol. The summed E-state index contributed by atoms with van der Waals surface area (Å²) in [6, 6.07) is 14.0. The molecular weight excluding hydrogens is 452 g/mol. The van der Waals surface area contributed by atoms with E-state index in [-0.39, 0.29) is 21.4 Å². The molecule has 0 aliphatic heterocycles. The molecule has 1 heterocycles. The van der Waals surface area contributed by atoms with Gasteiger partial charge in [-0.1, -0.05) is 35.3 Å². The Labute approximate surface area is 165 Å². The summed E-state index contributed by atoms with van der Waals surface area (Å²) in [6.07, 6.45) is -4.69. The van der Waals surface area contributed by atoms with Crippen LogP contribution in [0.3, 0.4) is 0 Å². The molecule has 0 N–H and O–H groups in total. The fourth-order valence-electron chi connectivity index (χ4n) is 2.63. The molecule has 0 saturated heterocycles. The van der Waals surface area contributed by atoms with Gasteiger partial charge in [0.05, 0.1) is 15.7 Å². The van der Waals surface area contributed by atoms with Crippen molar-refractivity contribution in [2.24, 2.45) is 0 Å². The normalized spacial score (nSPS) is 11.4. The molecule has 2 nitrogen and oxygen atoms in total. The first-order chi connectivity index (χ1) is 12.2. The van der Waals surface area contributed by atoms with Gasteiger partial charge in [-0.05, 0) is 57.9 Å². The van der Waals surface area contributed by atoms with E-state index in [1.165, 1.54) is 24.3 Å². The van der Waals surface area contributed by atoms with Gasteiger partial charge in [0.25, 0.3) is 0 Å². The van der Waals surface area contributed by atoms with E-state index in [2.05, 4.69) is 15.9 Å². The molecule has 0 atom stereocenters. The molecule has 26 heavy (non-hydrogen) atoms. The number of rotatable bonds is 2. The molecule has 3 aromatic rings. The van der Waals surface area contributed by atoms with Gasteiger partial charge in [0, 0.05) is 15.7 Å². The SMILES string of the molecule is N#Cc1c(Br)c(C(F)(F)F)n(-c2ccc(Cl)cc2)c1-c1ccc(Cl)cc1. The summed E-state index contributed by atoms with van der Waals surface area (Å²) in [6.45, 7) is 0. The van der Waals surface area contributed by atoms with Crippen LogP contribution in [-0.4, -0.2) is 4.57 Å². The van der Waals surface area contributed by atoms with Gasteiger partial charge in [-0.2, -0.15) is 18.4 Å². The van der Waals surface area contributed by atoms with E-state index in [0.29, 0.717) is 15.6 Å². The highest BCUT2D eigenvalue weighted by Crippen LogP contribution is 2.44. The van der Waals surface area contributed by atoms with Crippen LogP contribution < -0.4 is 0 Å². The number of nitrogens with zero attached hydrogens (tertiary/aromatic N) is 2. The Kier molecular flexibility index (Phi) is 5.07. The van der Waals surface area contributed by atoms with E-state index in [9.17, 15) is 18.4 Å². The molecule has 8 heteroatoms. The topological polar surface area (TPSA) is 28.7 Å². The van der Waals surface area contributed by atoms with Crippen molar-refractivity contribution in [1.82, 2.24) is 4.57 Å². The molecule has 0 amide bonds. The van der Waals surface area contributed by atoms with E-state index >= 15 is 0 Å². The zero-order valence-electron chi connectivity index (χ0n) is 12.8. The Morgan fingerprint density at radius 3 is 1.88 bits per heavy atom. The highest BCUT2D eigenvalue weighted by Gasteiger charge is 2.41. The van der Waals surface area contributed by atoms with Gasteiger partial charge in [0.15, 0.2) is 0 Å². The molecule has 3 rings (SSSR count). The standard InChI is InChI=1S/C18H8BrCl2F3N2/c19-15-14(9-25)16(10-1-3-11(20)4-2-10)26(17(15)18(22,23)24)13-7-5-12(21)6-8-13/h1-8H. The predicted molar refractivity (Wildman–Crippen MR) is 98.6 cm³/mol. The summed E-state index contributed by atoms with van der Waals surface area (Å²) < 4.78 is 42.0. The summed E-state index contributed by atoms with van der Waals surface area (Å²) in [5.41, 5.74) is -0.312. The molecule has 132 valence electrons. The first-order valence-electron chi connectivity index (χ1n) is 7.17. The molecule has 0 radical (unpaired) electrons. The lowest BCUT2D eigenvalue weighted by Crippen LogP contribution is -2.13. The van der Waals surface area contributed by atoms with Crippen LogP contribution in [0, 0.1) is 11.3 Å². The third-order valence-corrected chi connectivity index (χ3v) is 4.97. The van der Waals surface area contributed by atoms with Crippen molar-refractivity contribution in [1.29, 1.82) is 5.26 Å². The third kappa shape index (κ3) is 3.35. The van der Waals surface area contributed by atoms with Crippen molar-refractivity contribution in [3.8, 4) is 23.0 Å². The lowest BCUT2D eigenvalue weighted by Gasteiger charge is -2.16. The van der Waals surface area contributed by atoms with Crippen molar-refractivity contribution < 1.29 is 13.2 Å². The summed E-state index contributed by atoms with van der Waals surface area (Å²) in [7, 11) is 0. The molecular formula is C18H8BrCl2F3N2. The highest BCUT2D eigenvalue weighted by molar-refractivity contribution is 9.10. The van der Waals surface area contributed by atoms with Crippen molar-refractivity contribution in [3.05, 3.63) is 74.3 Å². The summed E-state index contributed by atoms with van der Waals surface area (Å²) in [4.78, 5) is 0. The van der Waals surface area contributed by atoms with Crippen LogP contribution in [-0.2, 0) is 6.18 Å². The van der Waals surface area contributed by atoms with Crippen molar-refractivity contribution >= 4 is 39.1 Å². The number of hydrogen-bond acceptors (Lipinski definition) is 1. The lowest BCUT2D eigenvalue weighted by atomic mass is 10.1. The van der Waals surface area contributed by atoms with Crippen molar-refractivity contribution in [3.63, 3.8) is 0 Å². The molecule has 0 aliphatic rings. The average Bonchev–Trinajstić information content (AvgIpc) is 2.88. The van der Waals surface area contributed by atoms with E-state index in [1.807, 2.05) is 6.07 Å². The Morgan fingerprint density at radius 2 is 1.42 bits per heavy atom. The van der Waals surface area contributed by atoms with Crippen molar-refractivity contribution in [2.75, 3.05) is 0 Å². The number of hydrogen-bond donors (Lipinski definition) is 0. The Balaban J connectivity index is 2.44. The van der Waals surface area contributed by atoms with Gasteiger partial charge in [0.2, 0.25) is 0 Å². The minimum absolute atomic E-state index is 0.116. The van der Waals surface area contributed by atoms with E-state index in [0.717, 1.165) is 4.57 Å². The zero-order valence-corrected chi connectivity index (χ0v) is 15.9. The number of aromatic nitrogens is 1. The van der Waals surface area contributed by atoms with Gasteiger partial charge in [0.1, 0.15) is 11.8 Å². The van der Waals surface area contributed by atoms with Gasteiger partial charge in [-0.3, -0.25) is 0 Å². The first kappa shape index (κ1) is 18.8. The Morgan fingerprint density at radius 1 is 0.923 bits per heavy atom. The smallest absolute Gasteiger partial charge is 0.303 e. The van der Waals surface area contributed by atoms with Gasteiger partial charge >= 0.3 is 6.18 Å². The number of benzene rings is 2. The second kappa shape index (κ2) is 6.99. The minimum Gasteiger partial charge on any atom is -0.303 e. The van der Waals surface area contributed by atoms with Crippen LogP contribution in [0.4, 0.5) is 13.2 Å². The zero-order chi connectivity index (χ0) is 19.1. The van der Waals surface area contributed by atoms with E-state index in [4.69, 9.17) is 23.2 Å². The maximum atomic E-state index is 13.8. The Hall–Kier alpha value is -1.94. The first-order valence-corrected chi connectivity index (χ1v) is 8.72. The number of halogens is 6. The van der Waals surface area contributed by atoms with E-state index < -0.39 is 11.9 Å². The molecule has 0 bridgehead atoms. The van der Waals surface area contributed by atoms with Crippen molar-refractivity contribution in [2.45, 2.75) is 6.18 Å². The summed E-state index contributed by atoms with van der Waals surface area (Å²) in [5, 5.41) is 10.3. The number of nitriles is 1. The molecule has 1 aromatic heterocycles. The monoisotopic (exact) mass is 458 g/mol. The fraction of sp³-hybridized carbons (Fsp3) is 0.0556. The number of alkyl halides is 3. The maximum absolute atomic E-state index is 13.8. The molecule has 0 aliphatic carbocycles. The quantitative estimate of drug-likeness (QED) is 0.401. The molecule has 2 aromatic carbocycles. The van der Waals surface area contributed by atoms with Crippen LogP contribution >= 0.6 is 39.1 Å². The maximum Gasteiger partial charge on any atom is 0.432 e. The van der Waals surface area contributed by atoms with Crippen LogP contribution in [0.5, 0.6) is 0 Å². The lowest BCUT2D eigenvalue weighted by molar-refractivity contribution is -0.142. The van der Waals surface area contributed by atoms with Crippen LogP contribution in [0.15, 0.2) is 53.0 Å². The third-order valence-electron chi connectivity index (χ3n) is 3.69. The molecule has 0 saturated carbocycles. The predicted octanol–water partition coefficient (Wildman–Crippen LogP) is 7.10. The van der Waals surface area contributed by atoms with Crippen LogP contribution in [0.2, 0.25) is 10.0 Å². The van der Waals surface area contributed by atoms with Gasteiger partial charge in [-0.15, -0.1) is 0 Å². The Bertz CT molecular complexity index is 1000. The molecule has 0 spiro atoms. The molecule has 0 unspecified atom stereocenters. The second-order valence-corrected chi connectivity index (χ2v) is 6.98.